The molecule has 1 aliphatic rings. The number of carbonyl (C=O) groups excluding carboxylic acids is 2. The fraction of sp³-hybridized carbons (Fsp3) is 0.333. The third-order valence-corrected chi connectivity index (χ3v) is 5.29. The molecule has 0 radical (unpaired) electrons. The van der Waals surface area contributed by atoms with Crippen LogP contribution in [0.2, 0.25) is 5.02 Å². The summed E-state index contributed by atoms with van der Waals surface area (Å²) in [6.45, 7) is 0. The fourth-order valence-electron chi connectivity index (χ4n) is 3.33. The van der Waals surface area contributed by atoms with E-state index in [2.05, 4.69) is 10.6 Å². The maximum atomic E-state index is 12.5. The molecular weight excluding hydrogens is 364 g/mol. The van der Waals surface area contributed by atoms with Crippen molar-refractivity contribution >= 4 is 34.8 Å². The van der Waals surface area contributed by atoms with Crippen LogP contribution in [0.15, 0.2) is 48.5 Å². The lowest BCUT2D eigenvalue weighted by molar-refractivity contribution is -0.125. The normalized spacial score (nSPS) is 19.2. The molecule has 1 fully saturated rings. The Labute approximate surface area is 164 Å². The molecule has 0 heterocycles. The average Bonchev–Trinajstić information content (AvgIpc) is 2.70. The van der Waals surface area contributed by atoms with Gasteiger partial charge in [-0.25, -0.2) is 0 Å². The lowest BCUT2D eigenvalue weighted by atomic mass is 9.81. The highest BCUT2D eigenvalue weighted by atomic mass is 35.5. The number of amides is 2. The molecule has 5 nitrogen and oxygen atoms in total. The number of ether oxygens (including phenoxy) is 1. The standard InChI is InChI=1S/C21H23ClN2O3/c1-27-17-12-10-16(11-13-17)23-20(25)14-6-8-15(9-7-14)21(26)24-19-5-3-2-4-18(19)22/h2-5,10-15H,6-9H2,1H3,(H,23,25)(H,24,26). The molecule has 0 unspecified atom stereocenters. The summed E-state index contributed by atoms with van der Waals surface area (Å²) in [5.41, 5.74) is 1.38. The second-order valence-corrected chi connectivity index (χ2v) is 7.14. The molecule has 3 rings (SSSR count). The lowest BCUT2D eigenvalue weighted by Gasteiger charge is -2.27. The minimum absolute atomic E-state index is 0.00475. The van der Waals surface area contributed by atoms with Crippen LogP contribution < -0.4 is 15.4 Å². The first kappa shape index (κ1) is 19.2. The van der Waals surface area contributed by atoms with Crippen LogP contribution in [0.1, 0.15) is 25.7 Å². The van der Waals surface area contributed by atoms with Crippen LogP contribution in [0.5, 0.6) is 5.75 Å². The number of rotatable bonds is 5. The molecule has 0 atom stereocenters. The van der Waals surface area contributed by atoms with Gasteiger partial charge in [0.15, 0.2) is 0 Å². The van der Waals surface area contributed by atoms with E-state index in [1.807, 2.05) is 36.4 Å². The van der Waals surface area contributed by atoms with E-state index in [-0.39, 0.29) is 23.7 Å². The Balaban J connectivity index is 1.49. The van der Waals surface area contributed by atoms with Crippen molar-refractivity contribution in [1.29, 1.82) is 0 Å². The van der Waals surface area contributed by atoms with Crippen molar-refractivity contribution in [3.8, 4) is 5.75 Å². The largest absolute Gasteiger partial charge is 0.497 e. The summed E-state index contributed by atoms with van der Waals surface area (Å²) in [7, 11) is 1.61. The van der Waals surface area contributed by atoms with Crippen molar-refractivity contribution in [3.63, 3.8) is 0 Å². The van der Waals surface area contributed by atoms with E-state index in [1.165, 1.54) is 0 Å². The summed E-state index contributed by atoms with van der Waals surface area (Å²) in [5, 5.41) is 6.36. The molecule has 2 aromatic rings. The van der Waals surface area contributed by atoms with Crippen molar-refractivity contribution in [1.82, 2.24) is 0 Å². The minimum Gasteiger partial charge on any atom is -0.497 e. The molecule has 1 saturated carbocycles. The second kappa shape index (κ2) is 8.91. The Hall–Kier alpha value is -2.53. The van der Waals surface area contributed by atoms with Gasteiger partial charge in [0.05, 0.1) is 17.8 Å². The van der Waals surface area contributed by atoms with Crippen molar-refractivity contribution in [2.75, 3.05) is 17.7 Å². The number of benzene rings is 2. The van der Waals surface area contributed by atoms with Crippen LogP contribution in [-0.2, 0) is 9.59 Å². The Morgan fingerprint density at radius 1 is 0.889 bits per heavy atom. The molecule has 1 aliphatic carbocycles. The van der Waals surface area contributed by atoms with Gasteiger partial charge in [0.25, 0.3) is 0 Å². The summed E-state index contributed by atoms with van der Waals surface area (Å²) in [6.07, 6.45) is 2.78. The van der Waals surface area contributed by atoms with Gasteiger partial charge in [0, 0.05) is 17.5 Å². The summed E-state index contributed by atoms with van der Waals surface area (Å²) in [6, 6.07) is 14.5. The van der Waals surface area contributed by atoms with Gasteiger partial charge in [-0.05, 0) is 62.1 Å². The second-order valence-electron chi connectivity index (χ2n) is 6.74. The first-order valence-electron chi connectivity index (χ1n) is 9.07. The van der Waals surface area contributed by atoms with Gasteiger partial charge >= 0.3 is 0 Å². The molecule has 0 aliphatic heterocycles. The first-order valence-corrected chi connectivity index (χ1v) is 9.45. The Morgan fingerprint density at radius 2 is 1.44 bits per heavy atom. The van der Waals surface area contributed by atoms with Gasteiger partial charge < -0.3 is 15.4 Å². The Bertz CT molecular complexity index is 799. The Kier molecular flexibility index (Phi) is 6.35. The van der Waals surface area contributed by atoms with Crippen LogP contribution in [-0.4, -0.2) is 18.9 Å². The summed E-state index contributed by atoms with van der Waals surface area (Å²) < 4.78 is 5.12. The van der Waals surface area contributed by atoms with Crippen molar-refractivity contribution < 1.29 is 14.3 Å². The fourth-order valence-corrected chi connectivity index (χ4v) is 3.52. The molecule has 0 bridgehead atoms. The highest BCUT2D eigenvalue weighted by Crippen LogP contribution is 2.31. The minimum atomic E-state index is -0.0914. The van der Waals surface area contributed by atoms with Gasteiger partial charge in [0.2, 0.25) is 11.8 Å². The summed E-state index contributed by atoms with van der Waals surface area (Å²) in [5.74, 6) is 0.558. The zero-order valence-electron chi connectivity index (χ0n) is 15.2. The predicted molar refractivity (Wildman–Crippen MR) is 107 cm³/mol. The molecular formula is C21H23ClN2O3. The van der Waals surface area contributed by atoms with Crippen LogP contribution >= 0.6 is 11.6 Å². The molecule has 27 heavy (non-hydrogen) atoms. The van der Waals surface area contributed by atoms with E-state index >= 15 is 0 Å². The number of para-hydroxylation sites is 1. The highest BCUT2D eigenvalue weighted by Gasteiger charge is 2.30. The third kappa shape index (κ3) is 5.01. The summed E-state index contributed by atoms with van der Waals surface area (Å²) in [4.78, 5) is 24.9. The number of halogens is 1. The molecule has 0 aromatic heterocycles. The zero-order valence-corrected chi connectivity index (χ0v) is 16.0. The van der Waals surface area contributed by atoms with Gasteiger partial charge in [-0.2, -0.15) is 0 Å². The molecule has 2 N–H and O–H groups in total. The van der Waals surface area contributed by atoms with Gasteiger partial charge in [-0.3, -0.25) is 9.59 Å². The van der Waals surface area contributed by atoms with E-state index in [4.69, 9.17) is 16.3 Å². The zero-order chi connectivity index (χ0) is 19.2. The number of carbonyl (C=O) groups is 2. The maximum Gasteiger partial charge on any atom is 0.227 e. The highest BCUT2D eigenvalue weighted by molar-refractivity contribution is 6.33. The van der Waals surface area contributed by atoms with Crippen molar-refractivity contribution in [2.45, 2.75) is 25.7 Å². The molecule has 0 saturated heterocycles. The number of hydrogen-bond donors (Lipinski definition) is 2. The predicted octanol–water partition coefficient (Wildman–Crippen LogP) is 4.73. The van der Waals surface area contributed by atoms with E-state index in [0.29, 0.717) is 36.4 Å². The maximum absolute atomic E-state index is 12.5. The molecule has 142 valence electrons. The quantitative estimate of drug-likeness (QED) is 0.780. The van der Waals surface area contributed by atoms with Gasteiger partial charge in [0.1, 0.15) is 5.75 Å². The van der Waals surface area contributed by atoms with Crippen molar-refractivity contribution in [3.05, 3.63) is 53.6 Å². The molecule has 6 heteroatoms. The number of methoxy groups -OCH3 is 1. The molecule has 2 amide bonds. The van der Waals surface area contributed by atoms with Crippen LogP contribution in [0.4, 0.5) is 11.4 Å². The molecule has 0 spiro atoms. The topological polar surface area (TPSA) is 67.4 Å². The Morgan fingerprint density at radius 3 is 2.00 bits per heavy atom. The monoisotopic (exact) mass is 386 g/mol. The number of anilines is 2. The SMILES string of the molecule is COc1ccc(NC(=O)C2CCC(C(=O)Nc3ccccc3Cl)CC2)cc1. The van der Waals surface area contributed by atoms with E-state index < -0.39 is 0 Å². The average molecular weight is 387 g/mol. The van der Waals surface area contributed by atoms with Crippen LogP contribution in [0.25, 0.3) is 0 Å². The smallest absolute Gasteiger partial charge is 0.227 e. The lowest BCUT2D eigenvalue weighted by Crippen LogP contribution is -2.32. The first-order chi connectivity index (χ1) is 13.1. The van der Waals surface area contributed by atoms with Crippen molar-refractivity contribution in [2.24, 2.45) is 11.8 Å². The number of nitrogens with one attached hydrogen (secondary N) is 2. The van der Waals surface area contributed by atoms with Gasteiger partial charge in [-0.1, -0.05) is 23.7 Å². The van der Waals surface area contributed by atoms with Gasteiger partial charge in [-0.15, -0.1) is 0 Å². The van der Waals surface area contributed by atoms with E-state index in [1.54, 1.807) is 19.2 Å². The number of hydrogen-bond acceptors (Lipinski definition) is 3. The van der Waals surface area contributed by atoms with Crippen LogP contribution in [0.3, 0.4) is 0 Å². The third-order valence-electron chi connectivity index (χ3n) is 4.96. The molecule has 2 aromatic carbocycles. The van der Waals surface area contributed by atoms with E-state index in [9.17, 15) is 9.59 Å². The van der Waals surface area contributed by atoms with E-state index in [0.717, 1.165) is 11.4 Å². The summed E-state index contributed by atoms with van der Waals surface area (Å²) >= 11 is 6.09. The van der Waals surface area contributed by atoms with Crippen LogP contribution in [0, 0.1) is 11.8 Å².